The van der Waals surface area contributed by atoms with Crippen LogP contribution in [0.15, 0.2) is 24.3 Å². The lowest BCUT2D eigenvalue weighted by Gasteiger charge is -2.24. The van der Waals surface area contributed by atoms with Crippen molar-refractivity contribution in [2.24, 2.45) is 0 Å². The first kappa shape index (κ1) is 56.3. The number of ether oxygens (including phenoxy) is 1. The largest absolute Gasteiger partial charge is 0.462 e. The maximum Gasteiger partial charge on any atom is 0.306 e. The minimum Gasteiger partial charge on any atom is -0.462 e. The summed E-state index contributed by atoms with van der Waals surface area (Å²) < 4.78 is 5.92. The lowest BCUT2D eigenvalue weighted by Crippen LogP contribution is -2.46. The van der Waals surface area contributed by atoms with Crippen molar-refractivity contribution in [3.63, 3.8) is 0 Å². The molecule has 0 aromatic rings. The molecule has 6 nitrogen and oxygen atoms in total. The van der Waals surface area contributed by atoms with Crippen LogP contribution in [0.5, 0.6) is 0 Å². The van der Waals surface area contributed by atoms with Crippen molar-refractivity contribution in [3.8, 4) is 0 Å². The van der Waals surface area contributed by atoms with Gasteiger partial charge in [0, 0.05) is 6.42 Å². The van der Waals surface area contributed by atoms with Crippen molar-refractivity contribution in [1.29, 1.82) is 0 Å². The normalized spacial score (nSPS) is 13.4. The van der Waals surface area contributed by atoms with E-state index < -0.39 is 18.2 Å². The molecule has 0 aliphatic heterocycles. The summed E-state index contributed by atoms with van der Waals surface area (Å²) in [6.45, 7) is 6.45. The van der Waals surface area contributed by atoms with Crippen molar-refractivity contribution in [3.05, 3.63) is 24.3 Å². The van der Waals surface area contributed by atoms with Crippen molar-refractivity contribution < 1.29 is 24.5 Å². The van der Waals surface area contributed by atoms with Gasteiger partial charge < -0.3 is 20.3 Å². The smallest absolute Gasteiger partial charge is 0.306 e. The topological polar surface area (TPSA) is 95.9 Å². The van der Waals surface area contributed by atoms with Gasteiger partial charge in [-0.1, -0.05) is 225 Å². The Morgan fingerprint density at radius 3 is 1.34 bits per heavy atom. The minimum atomic E-state index is -0.782. The van der Waals surface area contributed by atoms with Crippen molar-refractivity contribution in [1.82, 2.24) is 5.32 Å². The molecule has 3 N–H and O–H groups in total. The SMILES string of the molecule is CCCCC/C=C\C/C=C\CCCCCCCCCCCC(=O)OC(CCCCCCCCCCCC)CC(=O)NC(CO)C(O)CCCCCCCCCCCC. The molecule has 0 saturated heterocycles. The summed E-state index contributed by atoms with van der Waals surface area (Å²) >= 11 is 0. The minimum absolute atomic E-state index is 0.0808. The number of hydrogen-bond donors (Lipinski definition) is 3. The second kappa shape index (κ2) is 46.4. The van der Waals surface area contributed by atoms with E-state index in [1.165, 1.54) is 173 Å². The standard InChI is InChI=1S/C52H99NO5/c1-4-7-10-13-16-19-22-23-24-25-26-27-28-29-30-33-36-39-42-45-52(57)58-48(43-40-37-34-31-20-17-14-11-8-5-2)46-51(56)53-49(47-54)50(55)44-41-38-35-32-21-18-15-12-9-6-3/h16,19,23-24,48-50,54-55H,4-15,17-18,20-22,25-47H2,1-3H3,(H,53,56)/b19-16-,24-23-. The van der Waals surface area contributed by atoms with Crippen LogP contribution in [0.3, 0.4) is 0 Å². The molecule has 0 aromatic carbocycles. The average Bonchev–Trinajstić information content (AvgIpc) is 3.22. The van der Waals surface area contributed by atoms with Gasteiger partial charge in [0.1, 0.15) is 6.10 Å². The molecule has 0 saturated carbocycles. The van der Waals surface area contributed by atoms with Gasteiger partial charge in [-0.05, 0) is 57.8 Å². The molecule has 0 aliphatic carbocycles. The number of allylic oxidation sites excluding steroid dienone is 4. The van der Waals surface area contributed by atoms with Crippen molar-refractivity contribution in [2.75, 3.05) is 6.61 Å². The van der Waals surface area contributed by atoms with E-state index in [1.807, 2.05) is 0 Å². The molecule has 58 heavy (non-hydrogen) atoms. The Kier molecular flexibility index (Phi) is 45.1. The number of unbranched alkanes of at least 4 members (excludes halogenated alkanes) is 30. The highest BCUT2D eigenvalue weighted by Crippen LogP contribution is 2.18. The van der Waals surface area contributed by atoms with Gasteiger partial charge in [0.25, 0.3) is 0 Å². The number of carbonyl (C=O) groups excluding carboxylic acids is 2. The van der Waals surface area contributed by atoms with Crippen LogP contribution in [-0.2, 0) is 14.3 Å². The average molecular weight is 818 g/mol. The Balaban J connectivity index is 4.44. The maximum atomic E-state index is 13.1. The Hall–Kier alpha value is -1.66. The lowest BCUT2D eigenvalue weighted by molar-refractivity contribution is -0.151. The Labute approximate surface area is 361 Å². The highest BCUT2D eigenvalue weighted by molar-refractivity contribution is 5.77. The molecule has 0 fully saturated rings. The van der Waals surface area contributed by atoms with E-state index in [0.717, 1.165) is 51.4 Å². The van der Waals surface area contributed by atoms with Crippen LogP contribution < -0.4 is 5.32 Å². The Bertz CT molecular complexity index is 919. The van der Waals surface area contributed by atoms with Gasteiger partial charge >= 0.3 is 5.97 Å². The first-order valence-electron chi connectivity index (χ1n) is 25.6. The van der Waals surface area contributed by atoms with Gasteiger partial charge in [-0.25, -0.2) is 0 Å². The number of hydrogen-bond acceptors (Lipinski definition) is 5. The molecule has 3 atom stereocenters. The molecule has 3 unspecified atom stereocenters. The molecule has 0 rings (SSSR count). The molecule has 0 spiro atoms. The van der Waals surface area contributed by atoms with E-state index in [2.05, 4.69) is 50.4 Å². The summed E-state index contributed by atoms with van der Waals surface area (Å²) in [5, 5.41) is 23.7. The summed E-state index contributed by atoms with van der Waals surface area (Å²) in [4.78, 5) is 26.1. The van der Waals surface area contributed by atoms with E-state index in [1.54, 1.807) is 0 Å². The van der Waals surface area contributed by atoms with E-state index in [-0.39, 0.29) is 24.9 Å². The zero-order valence-electron chi connectivity index (χ0n) is 38.9. The fourth-order valence-electron chi connectivity index (χ4n) is 7.87. The molecule has 0 aliphatic rings. The van der Waals surface area contributed by atoms with Gasteiger partial charge in [0.15, 0.2) is 0 Å². The van der Waals surface area contributed by atoms with E-state index in [0.29, 0.717) is 19.3 Å². The van der Waals surface area contributed by atoms with Gasteiger partial charge in [0.05, 0.1) is 25.2 Å². The fourth-order valence-corrected chi connectivity index (χ4v) is 7.87. The molecule has 1 amide bonds. The number of aliphatic hydroxyl groups excluding tert-OH is 2. The van der Waals surface area contributed by atoms with E-state index in [9.17, 15) is 19.8 Å². The zero-order valence-corrected chi connectivity index (χ0v) is 38.9. The third-order valence-corrected chi connectivity index (χ3v) is 11.8. The second-order valence-corrected chi connectivity index (χ2v) is 17.6. The summed E-state index contributed by atoms with van der Waals surface area (Å²) in [5.41, 5.74) is 0. The Morgan fingerprint density at radius 1 is 0.500 bits per heavy atom. The predicted molar refractivity (Wildman–Crippen MR) is 250 cm³/mol. The summed E-state index contributed by atoms with van der Waals surface area (Å²) in [6.07, 6.45) is 52.4. The predicted octanol–water partition coefficient (Wildman–Crippen LogP) is 15.1. The number of amides is 1. The number of rotatable bonds is 46. The first-order chi connectivity index (χ1) is 28.5. The number of nitrogens with one attached hydrogen (secondary N) is 1. The Morgan fingerprint density at radius 2 is 0.879 bits per heavy atom. The molecular formula is C52H99NO5. The molecule has 0 heterocycles. The highest BCUT2D eigenvalue weighted by atomic mass is 16.5. The maximum absolute atomic E-state index is 13.1. The summed E-state index contributed by atoms with van der Waals surface area (Å²) in [7, 11) is 0. The third-order valence-electron chi connectivity index (χ3n) is 11.8. The van der Waals surface area contributed by atoms with Gasteiger partial charge in [-0.3, -0.25) is 9.59 Å². The lowest BCUT2D eigenvalue weighted by atomic mass is 10.0. The van der Waals surface area contributed by atoms with Crippen LogP contribution in [0.2, 0.25) is 0 Å². The zero-order chi connectivity index (χ0) is 42.4. The molecule has 0 radical (unpaired) electrons. The van der Waals surface area contributed by atoms with Crippen LogP contribution in [0, 0.1) is 0 Å². The molecule has 0 aromatic heterocycles. The molecule has 6 heteroatoms. The van der Waals surface area contributed by atoms with Crippen molar-refractivity contribution in [2.45, 2.75) is 289 Å². The second-order valence-electron chi connectivity index (χ2n) is 17.6. The quantitative estimate of drug-likeness (QED) is 0.0323. The van der Waals surface area contributed by atoms with Gasteiger partial charge in [-0.15, -0.1) is 0 Å². The number of esters is 1. The summed E-state index contributed by atoms with van der Waals surface area (Å²) in [6, 6.07) is -0.695. The van der Waals surface area contributed by atoms with Gasteiger partial charge in [0.2, 0.25) is 5.91 Å². The number of carbonyl (C=O) groups is 2. The van der Waals surface area contributed by atoms with Crippen LogP contribution in [0.25, 0.3) is 0 Å². The van der Waals surface area contributed by atoms with Crippen LogP contribution >= 0.6 is 0 Å². The molecular weight excluding hydrogens is 719 g/mol. The molecule has 342 valence electrons. The fraction of sp³-hybridized carbons (Fsp3) is 0.885. The van der Waals surface area contributed by atoms with E-state index >= 15 is 0 Å². The van der Waals surface area contributed by atoms with E-state index in [4.69, 9.17) is 4.74 Å². The van der Waals surface area contributed by atoms with Crippen molar-refractivity contribution >= 4 is 11.9 Å². The summed E-state index contributed by atoms with van der Waals surface area (Å²) in [5.74, 6) is -0.468. The van der Waals surface area contributed by atoms with Crippen LogP contribution in [-0.4, -0.2) is 46.9 Å². The molecule has 0 bridgehead atoms. The van der Waals surface area contributed by atoms with Crippen LogP contribution in [0.4, 0.5) is 0 Å². The van der Waals surface area contributed by atoms with Crippen LogP contribution in [0.1, 0.15) is 271 Å². The monoisotopic (exact) mass is 818 g/mol. The number of aliphatic hydroxyl groups is 2. The third kappa shape index (κ3) is 41.1. The first-order valence-corrected chi connectivity index (χ1v) is 25.6. The van der Waals surface area contributed by atoms with Gasteiger partial charge in [-0.2, -0.15) is 0 Å². The highest BCUT2D eigenvalue weighted by Gasteiger charge is 2.24.